The lowest BCUT2D eigenvalue weighted by Gasteiger charge is -2.19. The fourth-order valence-corrected chi connectivity index (χ4v) is 3.03. The highest BCUT2D eigenvalue weighted by atomic mass is 16.5. The normalized spacial score (nSPS) is 11.8. The number of esters is 1. The number of nitrogens with one attached hydrogen (secondary N) is 1. The van der Waals surface area contributed by atoms with Crippen LogP contribution in [0.5, 0.6) is 0 Å². The second kappa shape index (κ2) is 7.99. The van der Waals surface area contributed by atoms with Gasteiger partial charge in [-0.3, -0.25) is 14.6 Å². The van der Waals surface area contributed by atoms with Gasteiger partial charge in [0, 0.05) is 5.39 Å². The second-order valence-electron chi connectivity index (χ2n) is 6.53. The molecule has 5 nitrogen and oxygen atoms in total. The number of fused-ring (bicyclic) bond motifs is 1. The monoisotopic (exact) mass is 362 g/mol. The summed E-state index contributed by atoms with van der Waals surface area (Å²) in [6, 6.07) is 16.7. The molecule has 1 aromatic heterocycles. The van der Waals surface area contributed by atoms with Crippen molar-refractivity contribution in [3.05, 3.63) is 77.0 Å². The standard InChI is InChI=1S/C22H22N2O3/c1-14-9-10-17-12-18(15(2)23-19(17)11-14)22(26)24-20(13-21(25)27-3)16-7-5-4-6-8-16/h4-12,20H,13H2,1-3H3,(H,24,26). The summed E-state index contributed by atoms with van der Waals surface area (Å²) >= 11 is 0. The molecule has 0 aliphatic rings. The molecule has 1 atom stereocenters. The first kappa shape index (κ1) is 18.6. The summed E-state index contributed by atoms with van der Waals surface area (Å²) in [6.07, 6.45) is 0.0610. The van der Waals surface area contributed by atoms with E-state index < -0.39 is 6.04 Å². The maximum absolute atomic E-state index is 12.9. The average molecular weight is 362 g/mol. The highest BCUT2D eigenvalue weighted by Gasteiger charge is 2.21. The molecule has 0 saturated carbocycles. The number of benzene rings is 2. The molecule has 0 fully saturated rings. The van der Waals surface area contributed by atoms with Crippen LogP contribution in [-0.4, -0.2) is 24.0 Å². The minimum Gasteiger partial charge on any atom is -0.469 e. The number of pyridine rings is 1. The number of amides is 1. The molecular weight excluding hydrogens is 340 g/mol. The quantitative estimate of drug-likeness (QED) is 0.699. The highest BCUT2D eigenvalue weighted by molar-refractivity contribution is 5.99. The van der Waals surface area contributed by atoms with Gasteiger partial charge in [-0.25, -0.2) is 0 Å². The molecule has 1 amide bonds. The van der Waals surface area contributed by atoms with Crippen molar-refractivity contribution in [1.29, 1.82) is 0 Å². The predicted molar refractivity (Wildman–Crippen MR) is 104 cm³/mol. The third kappa shape index (κ3) is 4.31. The minimum absolute atomic E-state index is 0.0610. The van der Waals surface area contributed by atoms with Crippen LogP contribution in [-0.2, 0) is 9.53 Å². The number of ether oxygens (including phenoxy) is 1. The number of aromatic nitrogens is 1. The van der Waals surface area contributed by atoms with E-state index >= 15 is 0 Å². The third-order valence-electron chi connectivity index (χ3n) is 4.51. The van der Waals surface area contributed by atoms with Gasteiger partial charge in [-0.1, -0.05) is 42.5 Å². The number of hydrogen-bond acceptors (Lipinski definition) is 4. The number of carbonyl (C=O) groups excluding carboxylic acids is 2. The van der Waals surface area contributed by atoms with Crippen molar-refractivity contribution in [3.63, 3.8) is 0 Å². The highest BCUT2D eigenvalue weighted by Crippen LogP contribution is 2.21. The van der Waals surface area contributed by atoms with E-state index in [1.165, 1.54) is 7.11 Å². The largest absolute Gasteiger partial charge is 0.469 e. The zero-order valence-electron chi connectivity index (χ0n) is 15.7. The molecule has 1 heterocycles. The fourth-order valence-electron chi connectivity index (χ4n) is 3.03. The molecule has 1 unspecified atom stereocenters. The SMILES string of the molecule is COC(=O)CC(NC(=O)c1cc2ccc(C)cc2nc1C)c1ccccc1. The van der Waals surface area contributed by atoms with Gasteiger partial charge in [0.1, 0.15) is 0 Å². The van der Waals surface area contributed by atoms with Crippen LogP contribution < -0.4 is 5.32 Å². The van der Waals surface area contributed by atoms with Crippen LogP contribution in [0.25, 0.3) is 10.9 Å². The Morgan fingerprint density at radius 3 is 2.52 bits per heavy atom. The van der Waals surface area contributed by atoms with Crippen molar-refractivity contribution in [3.8, 4) is 0 Å². The number of aryl methyl sites for hydroxylation is 2. The second-order valence-corrected chi connectivity index (χ2v) is 6.53. The topological polar surface area (TPSA) is 68.3 Å². The van der Waals surface area contributed by atoms with E-state index in [1.807, 2.05) is 68.4 Å². The van der Waals surface area contributed by atoms with E-state index in [0.717, 1.165) is 22.0 Å². The molecule has 0 aliphatic carbocycles. The molecule has 27 heavy (non-hydrogen) atoms. The third-order valence-corrected chi connectivity index (χ3v) is 4.51. The van der Waals surface area contributed by atoms with E-state index in [2.05, 4.69) is 10.3 Å². The van der Waals surface area contributed by atoms with Crippen molar-refractivity contribution in [1.82, 2.24) is 10.3 Å². The van der Waals surface area contributed by atoms with Crippen LogP contribution >= 0.6 is 0 Å². The zero-order chi connectivity index (χ0) is 19.4. The molecule has 5 heteroatoms. The average Bonchev–Trinajstić information content (AvgIpc) is 2.67. The van der Waals surface area contributed by atoms with Gasteiger partial charge in [-0.2, -0.15) is 0 Å². The molecule has 0 bridgehead atoms. The van der Waals surface area contributed by atoms with Crippen LogP contribution in [0.15, 0.2) is 54.6 Å². The maximum Gasteiger partial charge on any atom is 0.307 e. The molecule has 3 rings (SSSR count). The zero-order valence-corrected chi connectivity index (χ0v) is 15.7. The molecule has 2 aromatic carbocycles. The molecule has 0 aliphatic heterocycles. The Balaban J connectivity index is 1.91. The van der Waals surface area contributed by atoms with Crippen molar-refractivity contribution in [2.45, 2.75) is 26.3 Å². The molecule has 0 saturated heterocycles. The summed E-state index contributed by atoms with van der Waals surface area (Å²) in [7, 11) is 1.34. The van der Waals surface area contributed by atoms with Crippen LogP contribution in [0.1, 0.15) is 39.6 Å². The van der Waals surface area contributed by atoms with E-state index in [4.69, 9.17) is 4.74 Å². The van der Waals surface area contributed by atoms with Gasteiger partial charge >= 0.3 is 5.97 Å². The van der Waals surface area contributed by atoms with Crippen LogP contribution in [0.4, 0.5) is 0 Å². The van der Waals surface area contributed by atoms with Crippen molar-refractivity contribution in [2.24, 2.45) is 0 Å². The van der Waals surface area contributed by atoms with Crippen molar-refractivity contribution in [2.75, 3.05) is 7.11 Å². The van der Waals surface area contributed by atoms with Gasteiger partial charge in [0.05, 0.1) is 36.3 Å². The van der Waals surface area contributed by atoms with E-state index in [-0.39, 0.29) is 18.3 Å². The smallest absolute Gasteiger partial charge is 0.307 e. The van der Waals surface area contributed by atoms with Gasteiger partial charge in [-0.05, 0) is 37.1 Å². The summed E-state index contributed by atoms with van der Waals surface area (Å²) in [5.74, 6) is -0.645. The first-order valence-electron chi connectivity index (χ1n) is 8.78. The summed E-state index contributed by atoms with van der Waals surface area (Å²) < 4.78 is 4.78. The molecule has 0 radical (unpaired) electrons. The minimum atomic E-state index is -0.473. The van der Waals surface area contributed by atoms with E-state index in [1.54, 1.807) is 0 Å². The van der Waals surface area contributed by atoms with E-state index in [0.29, 0.717) is 11.3 Å². The number of methoxy groups -OCH3 is 1. The predicted octanol–water partition coefficient (Wildman–Crippen LogP) is 3.89. The number of rotatable bonds is 5. The summed E-state index contributed by atoms with van der Waals surface area (Å²) in [5.41, 5.74) is 3.97. The Morgan fingerprint density at radius 2 is 1.81 bits per heavy atom. The lowest BCUT2D eigenvalue weighted by Crippen LogP contribution is -2.31. The van der Waals surface area contributed by atoms with Crippen molar-refractivity contribution < 1.29 is 14.3 Å². The van der Waals surface area contributed by atoms with Gasteiger partial charge in [0.15, 0.2) is 0 Å². The Bertz CT molecular complexity index is 984. The van der Waals surface area contributed by atoms with Gasteiger partial charge in [0.2, 0.25) is 0 Å². The van der Waals surface area contributed by atoms with Gasteiger partial charge in [-0.15, -0.1) is 0 Å². The molecular formula is C22H22N2O3. The Morgan fingerprint density at radius 1 is 1.07 bits per heavy atom. The first-order valence-corrected chi connectivity index (χ1v) is 8.78. The molecule has 138 valence electrons. The van der Waals surface area contributed by atoms with Crippen LogP contribution in [0.2, 0.25) is 0 Å². The Labute approximate surface area is 158 Å². The van der Waals surface area contributed by atoms with Gasteiger partial charge < -0.3 is 10.1 Å². The van der Waals surface area contributed by atoms with Crippen molar-refractivity contribution >= 4 is 22.8 Å². The lowest BCUT2D eigenvalue weighted by atomic mass is 10.0. The Hall–Kier alpha value is -3.21. The first-order chi connectivity index (χ1) is 13.0. The number of nitrogens with zero attached hydrogens (tertiary/aromatic N) is 1. The summed E-state index contributed by atoms with van der Waals surface area (Å²) in [4.78, 5) is 29.3. The maximum atomic E-state index is 12.9. The van der Waals surface area contributed by atoms with Crippen LogP contribution in [0, 0.1) is 13.8 Å². The summed E-state index contributed by atoms with van der Waals surface area (Å²) in [5, 5.41) is 3.86. The molecule has 3 aromatic rings. The molecule has 0 spiro atoms. The lowest BCUT2D eigenvalue weighted by molar-refractivity contribution is -0.141. The number of carbonyl (C=O) groups is 2. The number of hydrogen-bond donors (Lipinski definition) is 1. The molecule has 1 N–H and O–H groups in total. The fraction of sp³-hybridized carbons (Fsp3) is 0.227. The van der Waals surface area contributed by atoms with Gasteiger partial charge in [0.25, 0.3) is 5.91 Å². The summed E-state index contributed by atoms with van der Waals surface area (Å²) in [6.45, 7) is 3.82. The van der Waals surface area contributed by atoms with E-state index in [9.17, 15) is 9.59 Å². The Kier molecular flexibility index (Phi) is 5.50. The van der Waals surface area contributed by atoms with Crippen LogP contribution in [0.3, 0.4) is 0 Å².